The van der Waals surface area contributed by atoms with Crippen LogP contribution >= 0.6 is 0 Å². The Kier molecular flexibility index (Phi) is 5.71. The SMILES string of the molecule is Oc1ccc2c(c1)CN(c1ccc(OCCN3CCCCC3)cc1)c1c-2ccc2cc(O)ccc12. The number of nitrogens with zero attached hydrogens (tertiary/aromatic N) is 2. The van der Waals surface area contributed by atoms with Crippen molar-refractivity contribution in [3.05, 3.63) is 78.4 Å². The molecular weight excluding hydrogens is 436 g/mol. The molecular formula is C30H30N2O3. The zero-order valence-corrected chi connectivity index (χ0v) is 19.8. The fourth-order valence-electron chi connectivity index (χ4n) is 5.45. The summed E-state index contributed by atoms with van der Waals surface area (Å²) in [4.78, 5) is 4.77. The molecule has 4 aromatic carbocycles. The molecule has 2 N–H and O–H groups in total. The molecule has 0 spiro atoms. The summed E-state index contributed by atoms with van der Waals surface area (Å²) in [6.07, 6.45) is 3.93. The van der Waals surface area contributed by atoms with E-state index in [9.17, 15) is 10.2 Å². The number of phenolic OH excluding ortho intramolecular Hbond substituents is 2. The molecule has 0 radical (unpaired) electrons. The van der Waals surface area contributed by atoms with Crippen LogP contribution in [0.25, 0.3) is 21.9 Å². The molecule has 1 fully saturated rings. The normalized spacial score (nSPS) is 15.6. The first-order chi connectivity index (χ1) is 17.2. The Morgan fingerprint density at radius 1 is 0.743 bits per heavy atom. The lowest BCUT2D eigenvalue weighted by Crippen LogP contribution is -2.33. The summed E-state index contributed by atoms with van der Waals surface area (Å²) in [7, 11) is 0. The van der Waals surface area contributed by atoms with Gasteiger partial charge in [-0.05, 0) is 97.0 Å². The van der Waals surface area contributed by atoms with Gasteiger partial charge in [0.1, 0.15) is 23.9 Å². The largest absolute Gasteiger partial charge is 0.508 e. The van der Waals surface area contributed by atoms with E-state index in [1.807, 2.05) is 36.4 Å². The minimum atomic E-state index is 0.260. The van der Waals surface area contributed by atoms with Crippen LogP contribution in [-0.4, -0.2) is 41.4 Å². The summed E-state index contributed by atoms with van der Waals surface area (Å²) < 4.78 is 6.05. The third-order valence-electron chi connectivity index (χ3n) is 7.23. The van der Waals surface area contributed by atoms with Gasteiger partial charge in [-0.25, -0.2) is 0 Å². The number of hydrogen-bond donors (Lipinski definition) is 2. The molecule has 0 saturated carbocycles. The molecule has 178 valence electrons. The highest BCUT2D eigenvalue weighted by atomic mass is 16.5. The van der Waals surface area contributed by atoms with E-state index in [0.29, 0.717) is 13.2 Å². The number of aromatic hydroxyl groups is 2. The summed E-state index contributed by atoms with van der Waals surface area (Å²) in [6, 6.07) is 23.6. The highest BCUT2D eigenvalue weighted by Gasteiger charge is 2.25. The Bertz CT molecular complexity index is 1360. The third kappa shape index (κ3) is 4.28. The van der Waals surface area contributed by atoms with Gasteiger partial charge in [0.05, 0.1) is 5.69 Å². The molecule has 5 heteroatoms. The fourth-order valence-corrected chi connectivity index (χ4v) is 5.45. The minimum Gasteiger partial charge on any atom is -0.508 e. The summed E-state index contributed by atoms with van der Waals surface area (Å²) in [6.45, 7) is 4.68. The first-order valence-electron chi connectivity index (χ1n) is 12.5. The maximum absolute atomic E-state index is 10.1. The highest BCUT2D eigenvalue weighted by Crippen LogP contribution is 2.47. The Hall–Kier alpha value is -3.70. The van der Waals surface area contributed by atoms with Gasteiger partial charge in [0.2, 0.25) is 0 Å². The molecule has 2 aliphatic heterocycles. The average Bonchev–Trinajstić information content (AvgIpc) is 2.88. The predicted molar refractivity (Wildman–Crippen MR) is 141 cm³/mol. The minimum absolute atomic E-state index is 0.260. The summed E-state index contributed by atoms with van der Waals surface area (Å²) >= 11 is 0. The summed E-state index contributed by atoms with van der Waals surface area (Å²) in [5.74, 6) is 1.41. The second-order valence-corrected chi connectivity index (χ2v) is 9.54. The molecule has 2 aliphatic rings. The van der Waals surface area contributed by atoms with E-state index < -0.39 is 0 Å². The van der Waals surface area contributed by atoms with Crippen LogP contribution in [0.1, 0.15) is 24.8 Å². The zero-order chi connectivity index (χ0) is 23.8. The first kappa shape index (κ1) is 21.8. The van der Waals surface area contributed by atoms with Crippen LogP contribution < -0.4 is 9.64 Å². The van der Waals surface area contributed by atoms with Crippen molar-refractivity contribution in [2.24, 2.45) is 0 Å². The molecule has 1 saturated heterocycles. The van der Waals surface area contributed by atoms with Crippen LogP contribution in [0.4, 0.5) is 11.4 Å². The van der Waals surface area contributed by atoms with Gasteiger partial charge < -0.3 is 19.8 Å². The Morgan fingerprint density at radius 3 is 2.31 bits per heavy atom. The zero-order valence-electron chi connectivity index (χ0n) is 19.8. The molecule has 0 amide bonds. The van der Waals surface area contributed by atoms with Gasteiger partial charge in [-0.1, -0.05) is 24.6 Å². The highest BCUT2D eigenvalue weighted by molar-refractivity contribution is 6.05. The van der Waals surface area contributed by atoms with Gasteiger partial charge in [-0.3, -0.25) is 4.90 Å². The van der Waals surface area contributed by atoms with E-state index in [1.54, 1.807) is 18.2 Å². The molecule has 35 heavy (non-hydrogen) atoms. The average molecular weight is 467 g/mol. The summed E-state index contributed by atoms with van der Waals surface area (Å²) in [5, 5.41) is 22.3. The third-order valence-corrected chi connectivity index (χ3v) is 7.23. The number of phenols is 2. The number of fused-ring (bicyclic) bond motifs is 5. The van der Waals surface area contributed by atoms with Gasteiger partial charge in [-0.15, -0.1) is 0 Å². The van der Waals surface area contributed by atoms with Crippen molar-refractivity contribution >= 4 is 22.1 Å². The van der Waals surface area contributed by atoms with E-state index in [4.69, 9.17) is 4.74 Å². The number of anilines is 2. The monoisotopic (exact) mass is 466 g/mol. The molecule has 0 unspecified atom stereocenters. The van der Waals surface area contributed by atoms with Crippen molar-refractivity contribution in [3.63, 3.8) is 0 Å². The van der Waals surface area contributed by atoms with Gasteiger partial charge in [-0.2, -0.15) is 0 Å². The van der Waals surface area contributed by atoms with E-state index in [2.05, 4.69) is 28.0 Å². The number of rotatable bonds is 5. The lowest BCUT2D eigenvalue weighted by molar-refractivity contribution is 0.183. The van der Waals surface area contributed by atoms with E-state index >= 15 is 0 Å². The van der Waals surface area contributed by atoms with Crippen LogP contribution in [0.5, 0.6) is 17.2 Å². The van der Waals surface area contributed by atoms with Crippen LogP contribution in [-0.2, 0) is 6.54 Å². The second-order valence-electron chi connectivity index (χ2n) is 9.54. The molecule has 4 aromatic rings. The Balaban J connectivity index is 1.31. The molecule has 6 rings (SSSR count). The van der Waals surface area contributed by atoms with E-state index in [0.717, 1.165) is 51.1 Å². The fraction of sp³-hybridized carbons (Fsp3) is 0.267. The smallest absolute Gasteiger partial charge is 0.119 e. The van der Waals surface area contributed by atoms with Crippen molar-refractivity contribution in [2.75, 3.05) is 31.1 Å². The Morgan fingerprint density at radius 2 is 1.49 bits per heavy atom. The number of benzene rings is 4. The van der Waals surface area contributed by atoms with Crippen LogP contribution in [0.15, 0.2) is 72.8 Å². The lowest BCUT2D eigenvalue weighted by atomic mass is 9.90. The quantitative estimate of drug-likeness (QED) is 0.355. The maximum Gasteiger partial charge on any atom is 0.119 e. The van der Waals surface area contributed by atoms with Crippen LogP contribution in [0.2, 0.25) is 0 Å². The lowest BCUT2D eigenvalue weighted by Gasteiger charge is -2.34. The molecule has 0 aromatic heterocycles. The van der Waals surface area contributed by atoms with Gasteiger partial charge in [0.15, 0.2) is 0 Å². The number of hydrogen-bond acceptors (Lipinski definition) is 5. The number of ether oxygens (including phenoxy) is 1. The van der Waals surface area contributed by atoms with Crippen LogP contribution in [0, 0.1) is 0 Å². The summed E-state index contributed by atoms with van der Waals surface area (Å²) in [5.41, 5.74) is 5.49. The van der Waals surface area contributed by atoms with Gasteiger partial charge >= 0.3 is 0 Å². The molecule has 0 bridgehead atoms. The van der Waals surface area contributed by atoms with E-state index in [-0.39, 0.29) is 11.5 Å². The van der Waals surface area contributed by atoms with Gasteiger partial charge in [0, 0.05) is 29.7 Å². The van der Waals surface area contributed by atoms with Crippen LogP contribution in [0.3, 0.4) is 0 Å². The van der Waals surface area contributed by atoms with Crippen molar-refractivity contribution in [1.82, 2.24) is 4.90 Å². The number of likely N-dealkylation sites (tertiary alicyclic amines) is 1. The molecule has 0 aliphatic carbocycles. The topological polar surface area (TPSA) is 56.2 Å². The second kappa shape index (κ2) is 9.16. The van der Waals surface area contributed by atoms with Crippen molar-refractivity contribution in [2.45, 2.75) is 25.8 Å². The Labute approximate surface area is 205 Å². The van der Waals surface area contributed by atoms with Crippen molar-refractivity contribution in [1.29, 1.82) is 0 Å². The van der Waals surface area contributed by atoms with Crippen molar-refractivity contribution < 1.29 is 14.9 Å². The molecule has 5 nitrogen and oxygen atoms in total. The molecule has 0 atom stereocenters. The first-order valence-corrected chi connectivity index (χ1v) is 12.5. The maximum atomic E-state index is 10.1. The predicted octanol–water partition coefficient (Wildman–Crippen LogP) is 6.43. The number of piperidine rings is 1. The molecule has 2 heterocycles. The van der Waals surface area contributed by atoms with E-state index in [1.165, 1.54) is 32.4 Å². The van der Waals surface area contributed by atoms with Crippen molar-refractivity contribution in [3.8, 4) is 28.4 Å². The standard InChI is InChI=1S/C30H30N2O3/c33-24-8-13-28-21(18-24)4-11-29-27-12-7-25(34)19-22(27)20-32(30(28)29)23-5-9-26(10-6-23)35-17-16-31-14-2-1-3-15-31/h4-13,18-19,33-34H,1-3,14-17,20H2. The van der Waals surface area contributed by atoms with Gasteiger partial charge in [0.25, 0.3) is 0 Å².